The summed E-state index contributed by atoms with van der Waals surface area (Å²) < 4.78 is 4.82. The Morgan fingerprint density at radius 3 is 2.00 bits per heavy atom. The van der Waals surface area contributed by atoms with Gasteiger partial charge in [0, 0.05) is 43.7 Å². The third kappa shape index (κ3) is 3.40. The number of hydrogen-bond donors (Lipinski definition) is 0. The largest absolute Gasteiger partial charge is 0.309 e. The molecule has 0 bridgehead atoms. The maximum atomic E-state index is 5.41. The first kappa shape index (κ1) is 25.7. The number of nitrogens with zero attached hydrogens (tertiary/aromatic N) is 3. The van der Waals surface area contributed by atoms with E-state index in [1.165, 1.54) is 65.9 Å². The third-order valence-electron chi connectivity index (χ3n) is 10.2. The molecule has 3 heteroatoms. The summed E-state index contributed by atoms with van der Waals surface area (Å²) in [6.45, 7) is 0. The molecule has 48 heavy (non-hydrogen) atoms. The van der Waals surface area contributed by atoms with Crippen LogP contribution in [0.25, 0.3) is 99.4 Å². The van der Waals surface area contributed by atoms with E-state index in [-0.39, 0.29) is 0 Å². The SMILES string of the molecule is c1ccc(-n2c3ccccc3c3c(-c4ccc5c6cccc7c6n(c5c4)-c4nc5ccccc5cc4-c4ccccc4-7)cccc32)cc1. The fourth-order valence-electron chi connectivity index (χ4n) is 8.21. The molecule has 0 unspecified atom stereocenters. The van der Waals surface area contributed by atoms with E-state index in [0.29, 0.717) is 0 Å². The van der Waals surface area contributed by atoms with Crippen LogP contribution in [0.5, 0.6) is 0 Å². The van der Waals surface area contributed by atoms with E-state index in [4.69, 9.17) is 4.98 Å². The van der Waals surface area contributed by atoms with Crippen LogP contribution in [0, 0.1) is 0 Å². The first-order chi connectivity index (χ1) is 23.8. The van der Waals surface area contributed by atoms with E-state index in [0.717, 1.165) is 33.5 Å². The van der Waals surface area contributed by atoms with E-state index >= 15 is 0 Å². The number of para-hydroxylation sites is 4. The standard InChI is InChI=1S/C45H27N3/c1-2-13-30(14-3-1)47-40-22-9-7-17-37(40)43-31(18-11-23-41(43)47)28-24-25-34-36-20-10-19-35-32-15-5-6-16-33(32)38-26-29-12-4-8-21-39(29)46-45(38)48(44(35)36)42(34)27-28/h1-27H. The molecule has 7 aromatic carbocycles. The molecule has 0 amide bonds. The monoisotopic (exact) mass is 609 g/mol. The van der Waals surface area contributed by atoms with Gasteiger partial charge in [-0.2, -0.15) is 0 Å². The van der Waals surface area contributed by atoms with E-state index in [2.05, 4.69) is 173 Å². The molecular weight excluding hydrogens is 583 g/mol. The molecule has 3 nitrogen and oxygen atoms in total. The van der Waals surface area contributed by atoms with Crippen molar-refractivity contribution in [3.05, 3.63) is 164 Å². The Balaban J connectivity index is 1.26. The Labute approximate surface area is 276 Å². The molecule has 0 saturated heterocycles. The summed E-state index contributed by atoms with van der Waals surface area (Å²) in [6.07, 6.45) is 0. The van der Waals surface area contributed by atoms with Gasteiger partial charge >= 0.3 is 0 Å². The molecule has 10 aromatic rings. The number of aromatic nitrogens is 3. The molecule has 0 fully saturated rings. The van der Waals surface area contributed by atoms with Crippen LogP contribution in [0.1, 0.15) is 0 Å². The normalized spacial score (nSPS) is 12.2. The molecule has 1 aliphatic rings. The van der Waals surface area contributed by atoms with Crippen molar-refractivity contribution >= 4 is 54.5 Å². The Kier molecular flexibility index (Phi) is 5.11. The summed E-state index contributed by atoms with van der Waals surface area (Å²) >= 11 is 0. The predicted octanol–water partition coefficient (Wildman–Crippen LogP) is 11.7. The number of pyridine rings is 1. The highest BCUT2D eigenvalue weighted by Crippen LogP contribution is 2.48. The van der Waals surface area contributed by atoms with E-state index < -0.39 is 0 Å². The van der Waals surface area contributed by atoms with Crippen molar-refractivity contribution in [2.24, 2.45) is 0 Å². The Morgan fingerprint density at radius 2 is 1.08 bits per heavy atom. The van der Waals surface area contributed by atoms with Gasteiger partial charge in [-0.05, 0) is 64.7 Å². The molecule has 4 heterocycles. The molecular formula is C45H27N3. The summed E-state index contributed by atoms with van der Waals surface area (Å²) in [6, 6.07) is 59.5. The topological polar surface area (TPSA) is 22.8 Å². The average Bonchev–Trinajstić information content (AvgIpc) is 3.63. The molecule has 0 N–H and O–H groups in total. The second kappa shape index (κ2) is 9.54. The number of fused-ring (bicyclic) bond motifs is 12. The molecule has 0 spiro atoms. The highest BCUT2D eigenvalue weighted by Gasteiger charge is 2.26. The van der Waals surface area contributed by atoms with Crippen LogP contribution in [0.2, 0.25) is 0 Å². The van der Waals surface area contributed by atoms with Gasteiger partial charge in [-0.1, -0.05) is 121 Å². The van der Waals surface area contributed by atoms with Crippen molar-refractivity contribution in [2.75, 3.05) is 0 Å². The average molecular weight is 610 g/mol. The molecule has 0 saturated carbocycles. The Morgan fingerprint density at radius 1 is 0.396 bits per heavy atom. The molecule has 11 rings (SSSR count). The minimum absolute atomic E-state index is 0.974. The van der Waals surface area contributed by atoms with Crippen LogP contribution >= 0.6 is 0 Å². The smallest absolute Gasteiger partial charge is 0.146 e. The predicted molar refractivity (Wildman–Crippen MR) is 200 cm³/mol. The second-order valence-electron chi connectivity index (χ2n) is 12.8. The Hall–Kier alpha value is -6.45. The Bertz CT molecular complexity index is 2940. The van der Waals surface area contributed by atoms with Crippen molar-refractivity contribution < 1.29 is 0 Å². The summed E-state index contributed by atoms with van der Waals surface area (Å²) in [4.78, 5) is 5.41. The fraction of sp³-hybridized carbons (Fsp3) is 0. The first-order valence-electron chi connectivity index (χ1n) is 16.5. The first-order valence-corrected chi connectivity index (χ1v) is 16.5. The highest BCUT2D eigenvalue weighted by atomic mass is 15.1. The lowest BCUT2D eigenvalue weighted by molar-refractivity contribution is 1.11. The van der Waals surface area contributed by atoms with Gasteiger partial charge in [0.2, 0.25) is 0 Å². The van der Waals surface area contributed by atoms with Crippen LogP contribution in [0.4, 0.5) is 0 Å². The van der Waals surface area contributed by atoms with E-state index in [1.54, 1.807) is 0 Å². The lowest BCUT2D eigenvalue weighted by atomic mass is 9.93. The van der Waals surface area contributed by atoms with Crippen molar-refractivity contribution in [3.8, 4) is 44.9 Å². The van der Waals surface area contributed by atoms with Crippen LogP contribution in [0.3, 0.4) is 0 Å². The highest BCUT2D eigenvalue weighted by molar-refractivity contribution is 6.19. The summed E-state index contributed by atoms with van der Waals surface area (Å²) in [7, 11) is 0. The zero-order valence-electron chi connectivity index (χ0n) is 25.9. The minimum atomic E-state index is 0.974. The van der Waals surface area contributed by atoms with Gasteiger partial charge in [-0.15, -0.1) is 0 Å². The molecule has 222 valence electrons. The molecule has 3 aromatic heterocycles. The van der Waals surface area contributed by atoms with E-state index in [1.807, 2.05) is 0 Å². The minimum Gasteiger partial charge on any atom is -0.309 e. The van der Waals surface area contributed by atoms with Crippen molar-refractivity contribution in [1.82, 2.24) is 14.1 Å². The number of hydrogen-bond acceptors (Lipinski definition) is 1. The maximum absolute atomic E-state index is 5.41. The van der Waals surface area contributed by atoms with E-state index in [9.17, 15) is 0 Å². The van der Waals surface area contributed by atoms with Crippen LogP contribution in [-0.4, -0.2) is 14.1 Å². The lowest BCUT2D eigenvalue weighted by Gasteiger charge is -2.14. The zero-order chi connectivity index (χ0) is 31.3. The maximum Gasteiger partial charge on any atom is 0.146 e. The molecule has 0 aliphatic carbocycles. The number of rotatable bonds is 2. The lowest BCUT2D eigenvalue weighted by Crippen LogP contribution is -2.00. The summed E-state index contributed by atoms with van der Waals surface area (Å²) in [5.74, 6) is 0.974. The van der Waals surface area contributed by atoms with Crippen molar-refractivity contribution in [1.29, 1.82) is 0 Å². The van der Waals surface area contributed by atoms with Crippen LogP contribution in [0.15, 0.2) is 164 Å². The van der Waals surface area contributed by atoms with Crippen molar-refractivity contribution in [2.45, 2.75) is 0 Å². The van der Waals surface area contributed by atoms with Crippen LogP contribution < -0.4 is 0 Å². The van der Waals surface area contributed by atoms with Crippen LogP contribution in [-0.2, 0) is 0 Å². The quantitative estimate of drug-likeness (QED) is 0.191. The van der Waals surface area contributed by atoms with Gasteiger partial charge in [0.15, 0.2) is 0 Å². The molecule has 1 aliphatic heterocycles. The van der Waals surface area contributed by atoms with Gasteiger partial charge in [-0.3, -0.25) is 4.57 Å². The third-order valence-corrected chi connectivity index (χ3v) is 10.2. The molecule has 0 radical (unpaired) electrons. The van der Waals surface area contributed by atoms with Gasteiger partial charge in [0.05, 0.1) is 27.6 Å². The van der Waals surface area contributed by atoms with Gasteiger partial charge in [0.25, 0.3) is 0 Å². The van der Waals surface area contributed by atoms with Gasteiger partial charge < -0.3 is 4.57 Å². The fourth-order valence-corrected chi connectivity index (χ4v) is 8.21. The van der Waals surface area contributed by atoms with Gasteiger partial charge in [-0.25, -0.2) is 4.98 Å². The zero-order valence-corrected chi connectivity index (χ0v) is 25.9. The summed E-state index contributed by atoms with van der Waals surface area (Å²) in [5.41, 5.74) is 14.2. The number of benzene rings is 7. The second-order valence-corrected chi connectivity index (χ2v) is 12.8. The molecule has 0 atom stereocenters. The summed E-state index contributed by atoms with van der Waals surface area (Å²) in [5, 5.41) is 6.13. The van der Waals surface area contributed by atoms with Crippen molar-refractivity contribution in [3.63, 3.8) is 0 Å². The van der Waals surface area contributed by atoms with Gasteiger partial charge in [0.1, 0.15) is 5.82 Å².